The van der Waals surface area contributed by atoms with Crippen molar-refractivity contribution in [2.45, 2.75) is 13.0 Å². The summed E-state index contributed by atoms with van der Waals surface area (Å²) in [5.74, 6) is -0.133. The van der Waals surface area contributed by atoms with Gasteiger partial charge < -0.3 is 4.90 Å². The molecule has 0 radical (unpaired) electrons. The van der Waals surface area contributed by atoms with E-state index in [1.165, 1.54) is 10.6 Å². The number of nitrogens with one attached hydrogen (secondary N) is 1. The number of anilines is 1. The molecule has 160 valence electrons. The maximum absolute atomic E-state index is 13.1. The van der Waals surface area contributed by atoms with Crippen LogP contribution in [-0.4, -0.2) is 66.2 Å². The fourth-order valence-electron chi connectivity index (χ4n) is 3.68. The van der Waals surface area contributed by atoms with Crippen LogP contribution < -0.4 is 10.4 Å². The lowest BCUT2D eigenvalue weighted by Gasteiger charge is -2.36. The summed E-state index contributed by atoms with van der Waals surface area (Å²) in [5, 5.41) is 1.41. The molecule has 1 N–H and O–H groups in total. The van der Waals surface area contributed by atoms with Crippen molar-refractivity contribution in [3.8, 4) is 0 Å². The number of para-hydroxylation sites is 1. The summed E-state index contributed by atoms with van der Waals surface area (Å²) < 4.78 is 0. The molecule has 1 fully saturated rings. The molecule has 7 heteroatoms. The molecule has 0 spiro atoms. The molecular weight excluding hydrogens is 390 g/mol. The molecule has 2 heterocycles. The lowest BCUT2D eigenvalue weighted by molar-refractivity contribution is -0.126. The van der Waals surface area contributed by atoms with Crippen LogP contribution in [0.4, 0.5) is 5.69 Å². The maximum atomic E-state index is 13.1. The fourth-order valence-corrected chi connectivity index (χ4v) is 3.68. The van der Waals surface area contributed by atoms with E-state index in [0.717, 1.165) is 19.6 Å². The number of carbonyl (C=O) groups excluding carboxylic acids is 2. The van der Waals surface area contributed by atoms with Crippen molar-refractivity contribution < 1.29 is 9.59 Å². The van der Waals surface area contributed by atoms with Gasteiger partial charge in [-0.1, -0.05) is 60.7 Å². The van der Waals surface area contributed by atoms with Crippen LogP contribution in [0.3, 0.4) is 0 Å². The van der Waals surface area contributed by atoms with E-state index in [9.17, 15) is 9.59 Å². The minimum Gasteiger partial charge on any atom is -0.333 e. The Kier molecular flexibility index (Phi) is 6.43. The molecule has 2 aromatic carbocycles. The molecule has 1 saturated heterocycles. The van der Waals surface area contributed by atoms with E-state index in [1.54, 1.807) is 11.8 Å². The second kappa shape index (κ2) is 9.57. The summed E-state index contributed by atoms with van der Waals surface area (Å²) in [6.07, 6.45) is 4.28. The van der Waals surface area contributed by atoms with Gasteiger partial charge in [-0.05, 0) is 24.6 Å². The van der Waals surface area contributed by atoms with Crippen LogP contribution in [0.15, 0.2) is 71.7 Å². The minimum absolute atomic E-state index is 0.167. The van der Waals surface area contributed by atoms with Gasteiger partial charge in [0.1, 0.15) is 6.04 Å². The van der Waals surface area contributed by atoms with Crippen LogP contribution in [0.5, 0.6) is 0 Å². The van der Waals surface area contributed by atoms with Crippen LogP contribution >= 0.6 is 0 Å². The lowest BCUT2D eigenvalue weighted by Crippen LogP contribution is -2.60. The number of carbonyl (C=O) groups is 2. The molecule has 2 aliphatic rings. The zero-order chi connectivity index (χ0) is 21.6. The van der Waals surface area contributed by atoms with Crippen molar-refractivity contribution in [1.82, 2.24) is 15.2 Å². The van der Waals surface area contributed by atoms with Crippen molar-refractivity contribution in [1.29, 1.82) is 0 Å². The second-order valence-electron chi connectivity index (χ2n) is 7.68. The Hall–Kier alpha value is -3.45. The van der Waals surface area contributed by atoms with Gasteiger partial charge in [0.05, 0.1) is 5.69 Å². The van der Waals surface area contributed by atoms with E-state index in [4.69, 9.17) is 0 Å². The molecule has 1 unspecified atom stereocenters. The number of benzene rings is 2. The number of amides is 2. The highest BCUT2D eigenvalue weighted by atomic mass is 16.2. The van der Waals surface area contributed by atoms with Crippen LogP contribution in [0.2, 0.25) is 0 Å². The van der Waals surface area contributed by atoms with E-state index in [1.807, 2.05) is 48.5 Å². The zero-order valence-electron chi connectivity index (χ0n) is 17.6. The van der Waals surface area contributed by atoms with Gasteiger partial charge in [0.25, 0.3) is 11.8 Å². The Balaban J connectivity index is 1.33. The fraction of sp³-hybridized carbons (Fsp3) is 0.292. The van der Waals surface area contributed by atoms with Gasteiger partial charge in [-0.15, -0.1) is 0 Å². The van der Waals surface area contributed by atoms with Gasteiger partial charge in [-0.25, -0.2) is 10.0 Å². The van der Waals surface area contributed by atoms with E-state index < -0.39 is 6.04 Å². The third-order valence-corrected chi connectivity index (χ3v) is 5.47. The maximum Gasteiger partial charge on any atom is 0.290 e. The number of hydrogen-bond donors (Lipinski definition) is 1. The zero-order valence-corrected chi connectivity index (χ0v) is 17.6. The smallest absolute Gasteiger partial charge is 0.290 e. The summed E-state index contributed by atoms with van der Waals surface area (Å²) in [5.41, 5.74) is 4.80. The number of nitrogens with zero attached hydrogens (tertiary/aromatic N) is 4. The van der Waals surface area contributed by atoms with Gasteiger partial charge >= 0.3 is 0 Å². The summed E-state index contributed by atoms with van der Waals surface area (Å²) in [4.78, 5) is 34.0. The average molecular weight is 418 g/mol. The third kappa shape index (κ3) is 5.00. The Morgan fingerprint density at radius 1 is 1.03 bits per heavy atom. The Morgan fingerprint density at radius 3 is 2.35 bits per heavy atom. The Labute approximate surface area is 182 Å². The van der Waals surface area contributed by atoms with Crippen molar-refractivity contribution in [2.24, 2.45) is 4.99 Å². The van der Waals surface area contributed by atoms with E-state index in [0.29, 0.717) is 18.8 Å². The molecule has 4 rings (SSSR count). The molecule has 2 aromatic rings. The van der Waals surface area contributed by atoms with Crippen molar-refractivity contribution >= 4 is 29.4 Å². The Morgan fingerprint density at radius 2 is 1.68 bits per heavy atom. The number of hydrogen-bond acceptors (Lipinski definition) is 5. The van der Waals surface area contributed by atoms with Crippen LogP contribution in [-0.2, 0) is 9.59 Å². The van der Waals surface area contributed by atoms with E-state index in [-0.39, 0.29) is 17.6 Å². The van der Waals surface area contributed by atoms with Crippen molar-refractivity contribution in [3.05, 3.63) is 72.3 Å². The second-order valence-corrected chi connectivity index (χ2v) is 7.68. The predicted molar refractivity (Wildman–Crippen MR) is 122 cm³/mol. The normalized spacial score (nSPS) is 20.0. The number of rotatable bonds is 5. The molecule has 0 aliphatic carbocycles. The molecule has 2 aliphatic heterocycles. The Bertz CT molecular complexity index is 966. The first kappa shape index (κ1) is 20.8. The van der Waals surface area contributed by atoms with Crippen LogP contribution in [0.25, 0.3) is 6.08 Å². The summed E-state index contributed by atoms with van der Waals surface area (Å²) >= 11 is 0. The monoisotopic (exact) mass is 417 g/mol. The first-order valence-corrected chi connectivity index (χ1v) is 10.6. The molecule has 31 heavy (non-hydrogen) atoms. The van der Waals surface area contributed by atoms with Crippen molar-refractivity contribution in [3.63, 3.8) is 0 Å². The van der Waals surface area contributed by atoms with E-state index in [2.05, 4.69) is 39.6 Å². The lowest BCUT2D eigenvalue weighted by atomic mass is 10.2. The first-order valence-electron chi connectivity index (χ1n) is 10.6. The standard InChI is InChI=1S/C24H27N5O2/c1-19-23(30)29(21-12-6-3-7-13-21)26-22(25-19)24(31)28-17-15-27(16-18-28)14-8-11-20-9-4-2-5-10-20/h2-13,19H,14-18H2,1H3,(H,25,26)/b11-8+. The van der Waals surface area contributed by atoms with Crippen molar-refractivity contribution in [2.75, 3.05) is 37.7 Å². The average Bonchev–Trinajstić information content (AvgIpc) is 2.82. The minimum atomic E-state index is -0.607. The number of amidine groups is 1. The third-order valence-electron chi connectivity index (χ3n) is 5.47. The van der Waals surface area contributed by atoms with Gasteiger partial charge in [-0.3, -0.25) is 19.9 Å². The first-order chi connectivity index (χ1) is 15.1. The largest absolute Gasteiger partial charge is 0.333 e. The number of hydrazine groups is 1. The van der Waals surface area contributed by atoms with Gasteiger partial charge in [0.15, 0.2) is 0 Å². The number of aliphatic imine (C=N–C) groups is 1. The quantitative estimate of drug-likeness (QED) is 0.810. The predicted octanol–water partition coefficient (Wildman–Crippen LogP) is 2.18. The highest BCUT2D eigenvalue weighted by Gasteiger charge is 2.33. The van der Waals surface area contributed by atoms with Gasteiger partial charge in [0.2, 0.25) is 5.84 Å². The van der Waals surface area contributed by atoms with E-state index >= 15 is 0 Å². The van der Waals surface area contributed by atoms with Crippen LogP contribution in [0, 0.1) is 0 Å². The summed E-state index contributed by atoms with van der Waals surface area (Å²) in [7, 11) is 0. The summed E-state index contributed by atoms with van der Waals surface area (Å²) in [6.45, 7) is 5.43. The highest BCUT2D eigenvalue weighted by Crippen LogP contribution is 2.16. The van der Waals surface area contributed by atoms with Gasteiger partial charge in [-0.2, -0.15) is 0 Å². The SMILES string of the molecule is CC1N=C(C(=O)N2CCN(C/C=C/c3ccccc3)CC2)NN(c2ccccc2)C1=O. The molecule has 2 amide bonds. The molecule has 1 atom stereocenters. The van der Waals surface area contributed by atoms with Gasteiger partial charge in [0, 0.05) is 32.7 Å². The highest BCUT2D eigenvalue weighted by molar-refractivity contribution is 6.39. The molecule has 0 aromatic heterocycles. The topological polar surface area (TPSA) is 68.2 Å². The molecule has 0 saturated carbocycles. The number of piperazine rings is 1. The summed E-state index contributed by atoms with van der Waals surface area (Å²) in [6, 6.07) is 18.9. The molecule has 7 nitrogen and oxygen atoms in total. The molecular formula is C24H27N5O2. The molecule has 0 bridgehead atoms. The van der Waals surface area contributed by atoms with Crippen LogP contribution in [0.1, 0.15) is 12.5 Å².